The number of hydrogen-bond acceptors (Lipinski definition) is 3. The third-order valence-corrected chi connectivity index (χ3v) is 4.94. The van der Waals surface area contributed by atoms with Crippen molar-refractivity contribution in [3.8, 4) is 5.69 Å². The van der Waals surface area contributed by atoms with Crippen molar-refractivity contribution < 1.29 is 19.8 Å². The number of nitrogens with zero attached hydrogens (tertiary/aromatic N) is 2. The summed E-state index contributed by atoms with van der Waals surface area (Å²) in [5.41, 5.74) is 6.71. The third-order valence-electron chi connectivity index (χ3n) is 4.94. The highest BCUT2D eigenvalue weighted by atomic mass is 16.4. The van der Waals surface area contributed by atoms with E-state index in [2.05, 4.69) is 9.56 Å². The molecular formula is C23H22N2O4. The van der Waals surface area contributed by atoms with Gasteiger partial charge in [-0.15, -0.1) is 0 Å². The number of aryl methyl sites for hydroxylation is 3. The highest BCUT2D eigenvalue weighted by Crippen LogP contribution is 2.25. The lowest BCUT2D eigenvalue weighted by Crippen LogP contribution is -2.04. The van der Waals surface area contributed by atoms with Gasteiger partial charge in [0.2, 0.25) is 0 Å². The van der Waals surface area contributed by atoms with E-state index in [1.54, 1.807) is 36.5 Å². The molecule has 3 aromatic rings. The predicted octanol–water partition coefficient (Wildman–Crippen LogP) is 4.86. The molecule has 0 spiro atoms. The van der Waals surface area contributed by atoms with Gasteiger partial charge < -0.3 is 14.8 Å². The first-order chi connectivity index (χ1) is 13.7. The van der Waals surface area contributed by atoms with Crippen molar-refractivity contribution in [3.63, 3.8) is 0 Å². The van der Waals surface area contributed by atoms with Gasteiger partial charge >= 0.3 is 11.9 Å². The summed E-state index contributed by atoms with van der Waals surface area (Å²) in [5, 5.41) is 18.3. The second-order valence-corrected chi connectivity index (χ2v) is 7.03. The highest BCUT2D eigenvalue weighted by Gasteiger charge is 2.13. The predicted molar refractivity (Wildman–Crippen MR) is 112 cm³/mol. The Morgan fingerprint density at radius 1 is 0.862 bits per heavy atom. The fourth-order valence-corrected chi connectivity index (χ4v) is 3.40. The van der Waals surface area contributed by atoms with Gasteiger partial charge in [0.1, 0.15) is 0 Å². The number of aromatic carboxylic acids is 2. The molecule has 3 rings (SSSR count). The number of carboxylic acid groups (broad SMARTS) is 2. The van der Waals surface area contributed by atoms with E-state index in [0.717, 1.165) is 33.8 Å². The average molecular weight is 390 g/mol. The molecule has 0 radical (unpaired) electrons. The molecule has 29 heavy (non-hydrogen) atoms. The van der Waals surface area contributed by atoms with Crippen molar-refractivity contribution in [2.75, 3.05) is 0 Å². The Hall–Kier alpha value is -3.67. The number of aromatic nitrogens is 1. The van der Waals surface area contributed by atoms with Crippen LogP contribution in [0.25, 0.3) is 5.69 Å². The summed E-state index contributed by atoms with van der Waals surface area (Å²) in [6, 6.07) is 11.9. The minimum Gasteiger partial charge on any atom is -0.478 e. The van der Waals surface area contributed by atoms with Crippen LogP contribution in [0.1, 0.15) is 48.8 Å². The summed E-state index contributed by atoms with van der Waals surface area (Å²) in [6.07, 6.45) is 1.77. The van der Waals surface area contributed by atoms with Crippen molar-refractivity contribution in [2.45, 2.75) is 27.7 Å². The van der Waals surface area contributed by atoms with Gasteiger partial charge in [-0.05, 0) is 81.3 Å². The quantitative estimate of drug-likeness (QED) is 0.609. The highest BCUT2D eigenvalue weighted by molar-refractivity contribution is 5.90. The van der Waals surface area contributed by atoms with Gasteiger partial charge in [0.25, 0.3) is 0 Å². The van der Waals surface area contributed by atoms with Gasteiger partial charge in [0, 0.05) is 28.9 Å². The SMILES string of the molecule is Cc1cc(C(=O)O)ccc1N=Cc1cc(C)n(-c2ccc(C(=O)O)cc2C)c1C. The summed E-state index contributed by atoms with van der Waals surface area (Å²) >= 11 is 0. The largest absolute Gasteiger partial charge is 0.478 e. The lowest BCUT2D eigenvalue weighted by atomic mass is 10.1. The second kappa shape index (κ2) is 7.75. The molecular weight excluding hydrogens is 368 g/mol. The first kappa shape index (κ1) is 20.1. The van der Waals surface area contributed by atoms with Crippen LogP contribution in [0.5, 0.6) is 0 Å². The van der Waals surface area contributed by atoms with Crippen molar-refractivity contribution in [3.05, 3.63) is 81.7 Å². The number of rotatable bonds is 5. The van der Waals surface area contributed by atoms with E-state index in [1.165, 1.54) is 0 Å². The number of benzene rings is 2. The first-order valence-electron chi connectivity index (χ1n) is 9.10. The van der Waals surface area contributed by atoms with Crippen LogP contribution in [-0.2, 0) is 0 Å². The van der Waals surface area contributed by atoms with Crippen LogP contribution < -0.4 is 0 Å². The maximum atomic E-state index is 11.2. The fourth-order valence-electron chi connectivity index (χ4n) is 3.40. The maximum absolute atomic E-state index is 11.2. The zero-order chi connectivity index (χ0) is 21.3. The Balaban J connectivity index is 1.97. The fraction of sp³-hybridized carbons (Fsp3) is 0.174. The molecule has 0 atom stereocenters. The molecule has 0 aliphatic rings. The molecule has 0 saturated heterocycles. The molecule has 2 N–H and O–H groups in total. The van der Waals surface area contributed by atoms with Crippen LogP contribution in [0, 0.1) is 27.7 Å². The van der Waals surface area contributed by atoms with Crippen LogP contribution in [0.4, 0.5) is 5.69 Å². The molecule has 1 heterocycles. The molecule has 0 fully saturated rings. The molecule has 148 valence electrons. The molecule has 1 aromatic heterocycles. The standard InChI is InChI=1S/C23H22N2O4/c1-13-9-17(22(26)27)5-7-20(13)24-12-19-11-15(3)25(16(19)4)21-8-6-18(23(28)29)10-14(21)2/h5-12H,1-4H3,(H,26,27)(H,28,29). The Morgan fingerprint density at radius 2 is 1.45 bits per heavy atom. The third kappa shape index (κ3) is 3.96. The van der Waals surface area contributed by atoms with E-state index >= 15 is 0 Å². The van der Waals surface area contributed by atoms with Gasteiger partial charge in [-0.3, -0.25) is 4.99 Å². The molecule has 0 saturated carbocycles. The maximum Gasteiger partial charge on any atom is 0.335 e. The van der Waals surface area contributed by atoms with Gasteiger partial charge in [0.15, 0.2) is 0 Å². The lowest BCUT2D eigenvalue weighted by molar-refractivity contribution is 0.0686. The Morgan fingerprint density at radius 3 is 2.00 bits per heavy atom. The van der Waals surface area contributed by atoms with E-state index in [4.69, 9.17) is 5.11 Å². The van der Waals surface area contributed by atoms with Crippen molar-refractivity contribution >= 4 is 23.8 Å². The summed E-state index contributed by atoms with van der Waals surface area (Å²) in [7, 11) is 0. The number of carboxylic acids is 2. The van der Waals surface area contributed by atoms with E-state index < -0.39 is 11.9 Å². The first-order valence-corrected chi connectivity index (χ1v) is 9.10. The Kier molecular flexibility index (Phi) is 5.37. The van der Waals surface area contributed by atoms with Crippen LogP contribution >= 0.6 is 0 Å². The molecule has 0 bridgehead atoms. The molecule has 0 amide bonds. The molecule has 0 unspecified atom stereocenters. The number of carbonyl (C=O) groups is 2. The monoisotopic (exact) mass is 390 g/mol. The molecule has 2 aromatic carbocycles. The van der Waals surface area contributed by atoms with Crippen molar-refractivity contribution in [2.24, 2.45) is 4.99 Å². The zero-order valence-corrected chi connectivity index (χ0v) is 16.7. The summed E-state index contributed by atoms with van der Waals surface area (Å²) in [6.45, 7) is 7.69. The van der Waals surface area contributed by atoms with Crippen LogP contribution in [0.2, 0.25) is 0 Å². The van der Waals surface area contributed by atoms with Crippen LogP contribution in [-0.4, -0.2) is 32.9 Å². The normalized spacial score (nSPS) is 11.2. The summed E-state index contributed by atoms with van der Waals surface area (Å²) in [5.74, 6) is -1.91. The average Bonchev–Trinajstić information content (AvgIpc) is 2.94. The second-order valence-electron chi connectivity index (χ2n) is 7.03. The number of aliphatic imine (C=N–C) groups is 1. The summed E-state index contributed by atoms with van der Waals surface area (Å²) in [4.78, 5) is 26.8. The summed E-state index contributed by atoms with van der Waals surface area (Å²) < 4.78 is 2.07. The van der Waals surface area contributed by atoms with Crippen molar-refractivity contribution in [1.29, 1.82) is 0 Å². The van der Waals surface area contributed by atoms with E-state index in [-0.39, 0.29) is 11.1 Å². The lowest BCUT2D eigenvalue weighted by Gasteiger charge is -2.13. The smallest absolute Gasteiger partial charge is 0.335 e. The Labute approximate surface area is 168 Å². The van der Waals surface area contributed by atoms with Gasteiger partial charge in [-0.2, -0.15) is 0 Å². The molecule has 0 aliphatic carbocycles. The van der Waals surface area contributed by atoms with Crippen molar-refractivity contribution in [1.82, 2.24) is 4.57 Å². The molecule has 0 aliphatic heterocycles. The van der Waals surface area contributed by atoms with Gasteiger partial charge in [-0.25, -0.2) is 9.59 Å². The van der Waals surface area contributed by atoms with E-state index in [1.807, 2.05) is 39.8 Å². The van der Waals surface area contributed by atoms with Gasteiger partial charge in [0.05, 0.1) is 16.8 Å². The topological polar surface area (TPSA) is 91.9 Å². The molecule has 6 heteroatoms. The minimum absolute atomic E-state index is 0.236. The molecule has 6 nitrogen and oxygen atoms in total. The zero-order valence-electron chi connectivity index (χ0n) is 16.7. The van der Waals surface area contributed by atoms with E-state index in [9.17, 15) is 14.7 Å². The minimum atomic E-state index is -0.962. The Bertz CT molecular complexity index is 1160. The van der Waals surface area contributed by atoms with Gasteiger partial charge in [-0.1, -0.05) is 0 Å². The van der Waals surface area contributed by atoms with Crippen LogP contribution in [0.3, 0.4) is 0 Å². The number of hydrogen-bond donors (Lipinski definition) is 2. The van der Waals surface area contributed by atoms with E-state index in [0.29, 0.717) is 5.69 Å². The van der Waals surface area contributed by atoms with Crippen LogP contribution in [0.15, 0.2) is 47.5 Å².